The molecule has 0 unspecified atom stereocenters. The third kappa shape index (κ3) is 14.9. The van der Waals surface area contributed by atoms with Gasteiger partial charge in [-0.2, -0.15) is 0 Å². The van der Waals surface area contributed by atoms with Gasteiger partial charge in [0.2, 0.25) is 0 Å². The lowest BCUT2D eigenvalue weighted by atomic mass is 10.1. The summed E-state index contributed by atoms with van der Waals surface area (Å²) in [5.41, 5.74) is 2.64. The van der Waals surface area contributed by atoms with Crippen molar-refractivity contribution in [3.05, 3.63) is 96.1 Å². The van der Waals surface area contributed by atoms with Gasteiger partial charge in [-0.1, -0.05) is 85.0 Å². The molecule has 4 nitrogen and oxygen atoms in total. The zero-order valence-corrected chi connectivity index (χ0v) is 17.5. The van der Waals surface area contributed by atoms with E-state index in [1.165, 1.54) is 11.1 Å². The Hall–Kier alpha value is -3.14. The number of rotatable bonds is 12. The van der Waals surface area contributed by atoms with Crippen LogP contribution in [0.4, 0.5) is 0 Å². The van der Waals surface area contributed by atoms with Crippen molar-refractivity contribution < 1.29 is 19.8 Å². The van der Waals surface area contributed by atoms with Gasteiger partial charge in [0, 0.05) is 12.8 Å². The van der Waals surface area contributed by atoms with Crippen LogP contribution in [0.3, 0.4) is 0 Å². The number of hydrogen-bond donors (Lipinski definition) is 2. The van der Waals surface area contributed by atoms with Gasteiger partial charge in [0.15, 0.2) is 0 Å². The van der Waals surface area contributed by atoms with E-state index in [9.17, 15) is 9.59 Å². The van der Waals surface area contributed by atoms with Crippen molar-refractivity contribution in [3.8, 4) is 0 Å². The van der Waals surface area contributed by atoms with Crippen molar-refractivity contribution in [2.24, 2.45) is 0 Å². The smallest absolute Gasteiger partial charge is 0.303 e. The molecule has 0 saturated carbocycles. The summed E-state index contributed by atoms with van der Waals surface area (Å²) in [7, 11) is 0. The maximum atomic E-state index is 10.2. The van der Waals surface area contributed by atoms with Crippen molar-refractivity contribution in [2.75, 3.05) is 0 Å². The average molecular weight is 409 g/mol. The third-order valence-corrected chi connectivity index (χ3v) is 4.27. The number of allylic oxidation sites excluding steroid dienone is 4. The molecule has 0 aliphatic rings. The van der Waals surface area contributed by atoms with Crippen molar-refractivity contribution in [3.63, 3.8) is 0 Å². The molecule has 0 spiro atoms. The van der Waals surface area contributed by atoms with Crippen LogP contribution in [-0.4, -0.2) is 22.2 Å². The zero-order chi connectivity index (χ0) is 21.9. The Morgan fingerprint density at radius 3 is 1.23 bits per heavy atom. The second kappa shape index (κ2) is 16.8. The van der Waals surface area contributed by atoms with E-state index in [4.69, 9.17) is 10.2 Å². The van der Waals surface area contributed by atoms with Gasteiger partial charge in [0.1, 0.15) is 0 Å². The summed E-state index contributed by atoms with van der Waals surface area (Å²) in [6.45, 7) is 0. The summed E-state index contributed by atoms with van der Waals surface area (Å²) in [6, 6.07) is 20.5. The van der Waals surface area contributed by atoms with E-state index >= 15 is 0 Å². The summed E-state index contributed by atoms with van der Waals surface area (Å²) in [4.78, 5) is 20.4. The number of carboxylic acid groups (broad SMARTS) is 2. The Labute approximate surface area is 179 Å². The lowest BCUT2D eigenvalue weighted by molar-refractivity contribution is -0.137. The molecule has 2 rings (SSSR count). The fourth-order valence-electron chi connectivity index (χ4n) is 2.67. The van der Waals surface area contributed by atoms with Crippen LogP contribution in [0.2, 0.25) is 0 Å². The number of aryl methyl sites for hydroxylation is 2. The minimum Gasteiger partial charge on any atom is -0.481 e. The predicted octanol–water partition coefficient (Wildman–Crippen LogP) is 6.08. The molecule has 0 fully saturated rings. The molecule has 0 aromatic heterocycles. The maximum Gasteiger partial charge on any atom is 0.303 e. The van der Waals surface area contributed by atoms with Gasteiger partial charge in [-0.15, -0.1) is 0 Å². The van der Waals surface area contributed by atoms with Gasteiger partial charge < -0.3 is 10.2 Å². The Morgan fingerprint density at radius 1 is 0.567 bits per heavy atom. The van der Waals surface area contributed by atoms with Gasteiger partial charge in [0.05, 0.1) is 0 Å². The summed E-state index contributed by atoms with van der Waals surface area (Å²) >= 11 is 0. The molecule has 0 aliphatic carbocycles. The molecule has 2 aromatic carbocycles. The molecule has 0 amide bonds. The number of carbonyl (C=O) groups is 2. The van der Waals surface area contributed by atoms with Crippen LogP contribution in [0.15, 0.2) is 85.0 Å². The number of aliphatic carboxylic acids is 2. The van der Waals surface area contributed by atoms with Crippen LogP contribution in [0.1, 0.15) is 49.7 Å². The SMILES string of the molecule is O=C(O)CCC=CCCc1ccccc1.O=C(O)CCC=CCCc1ccccc1. The van der Waals surface area contributed by atoms with Gasteiger partial charge in [-0.3, -0.25) is 9.59 Å². The van der Waals surface area contributed by atoms with Crippen LogP contribution in [0.25, 0.3) is 0 Å². The minimum atomic E-state index is -0.734. The van der Waals surface area contributed by atoms with E-state index in [0.717, 1.165) is 25.7 Å². The Kier molecular flexibility index (Phi) is 13.9. The van der Waals surface area contributed by atoms with Gasteiger partial charge >= 0.3 is 11.9 Å². The fourth-order valence-corrected chi connectivity index (χ4v) is 2.67. The van der Waals surface area contributed by atoms with Gasteiger partial charge in [-0.05, 0) is 49.7 Å². The average Bonchev–Trinajstić information content (AvgIpc) is 2.75. The third-order valence-electron chi connectivity index (χ3n) is 4.27. The molecule has 0 heterocycles. The van der Waals surface area contributed by atoms with Gasteiger partial charge in [-0.25, -0.2) is 0 Å². The molecular formula is C26H32O4. The number of carboxylic acids is 2. The highest BCUT2D eigenvalue weighted by atomic mass is 16.4. The molecule has 30 heavy (non-hydrogen) atoms. The highest BCUT2D eigenvalue weighted by Crippen LogP contribution is 2.04. The largest absolute Gasteiger partial charge is 0.481 e. The summed E-state index contributed by atoms with van der Waals surface area (Å²) in [5.74, 6) is -1.47. The van der Waals surface area contributed by atoms with Crippen LogP contribution in [0, 0.1) is 0 Å². The topological polar surface area (TPSA) is 74.6 Å². The summed E-state index contributed by atoms with van der Waals surface area (Å²) in [5, 5.41) is 16.8. The first-order valence-electron chi connectivity index (χ1n) is 10.4. The molecule has 2 aromatic rings. The van der Waals surface area contributed by atoms with E-state index < -0.39 is 11.9 Å². The second-order valence-corrected chi connectivity index (χ2v) is 6.86. The molecule has 0 bridgehead atoms. The van der Waals surface area contributed by atoms with Crippen LogP contribution >= 0.6 is 0 Å². The highest BCUT2D eigenvalue weighted by molar-refractivity contribution is 5.67. The summed E-state index contributed by atoms with van der Waals surface area (Å²) in [6.07, 6.45) is 13.7. The Bertz CT molecular complexity index is 697. The molecular weight excluding hydrogens is 376 g/mol. The minimum absolute atomic E-state index is 0.224. The molecule has 0 saturated heterocycles. The zero-order valence-electron chi connectivity index (χ0n) is 17.5. The molecule has 2 N–H and O–H groups in total. The molecule has 4 heteroatoms. The fraction of sp³-hybridized carbons (Fsp3) is 0.308. The quantitative estimate of drug-likeness (QED) is 0.417. The highest BCUT2D eigenvalue weighted by Gasteiger charge is 1.93. The second-order valence-electron chi connectivity index (χ2n) is 6.86. The van der Waals surface area contributed by atoms with E-state index in [1.54, 1.807) is 0 Å². The monoisotopic (exact) mass is 408 g/mol. The number of hydrogen-bond acceptors (Lipinski definition) is 2. The molecule has 0 aliphatic heterocycles. The Balaban J connectivity index is 0.000000300. The van der Waals surface area contributed by atoms with Crippen molar-refractivity contribution in [1.82, 2.24) is 0 Å². The lowest BCUT2D eigenvalue weighted by Gasteiger charge is -1.96. The van der Waals surface area contributed by atoms with Crippen molar-refractivity contribution in [2.45, 2.75) is 51.4 Å². The van der Waals surface area contributed by atoms with E-state index in [2.05, 4.69) is 36.4 Å². The summed E-state index contributed by atoms with van der Waals surface area (Å²) < 4.78 is 0. The lowest BCUT2D eigenvalue weighted by Crippen LogP contribution is -1.91. The molecule has 0 atom stereocenters. The van der Waals surface area contributed by atoms with Gasteiger partial charge in [0.25, 0.3) is 0 Å². The standard InChI is InChI=1S/2C13H16O2/c2*14-13(15)11-7-2-1-4-8-12-9-5-3-6-10-12/h2*1-3,5-6,9-10H,4,7-8,11H2,(H,14,15). The molecule has 160 valence electrons. The van der Waals surface area contributed by atoms with Crippen molar-refractivity contribution >= 4 is 11.9 Å². The van der Waals surface area contributed by atoms with E-state index in [0.29, 0.717) is 12.8 Å². The van der Waals surface area contributed by atoms with E-state index in [1.807, 2.05) is 48.6 Å². The van der Waals surface area contributed by atoms with Crippen molar-refractivity contribution in [1.29, 1.82) is 0 Å². The Morgan fingerprint density at radius 2 is 0.900 bits per heavy atom. The predicted molar refractivity (Wildman–Crippen MR) is 122 cm³/mol. The normalized spacial score (nSPS) is 10.7. The maximum absolute atomic E-state index is 10.2. The first-order valence-corrected chi connectivity index (χ1v) is 10.4. The van der Waals surface area contributed by atoms with Crippen LogP contribution in [0.5, 0.6) is 0 Å². The molecule has 0 radical (unpaired) electrons. The first kappa shape index (κ1) is 24.9. The van der Waals surface area contributed by atoms with Crippen LogP contribution in [-0.2, 0) is 22.4 Å². The number of benzene rings is 2. The van der Waals surface area contributed by atoms with Crippen LogP contribution < -0.4 is 0 Å². The van der Waals surface area contributed by atoms with E-state index in [-0.39, 0.29) is 12.8 Å². The first-order chi connectivity index (χ1) is 14.6.